The van der Waals surface area contributed by atoms with Gasteiger partial charge in [-0.2, -0.15) is 0 Å². The van der Waals surface area contributed by atoms with Crippen LogP contribution in [0.25, 0.3) is 10.9 Å². The second-order valence-corrected chi connectivity index (χ2v) is 6.27. The van der Waals surface area contributed by atoms with E-state index in [9.17, 15) is 0 Å². The van der Waals surface area contributed by atoms with Crippen LogP contribution in [0.1, 0.15) is 35.7 Å². The zero-order chi connectivity index (χ0) is 14.9. The van der Waals surface area contributed by atoms with E-state index in [0.29, 0.717) is 0 Å². The first-order valence-corrected chi connectivity index (χ1v) is 8.24. The van der Waals surface area contributed by atoms with E-state index >= 15 is 0 Å². The van der Waals surface area contributed by atoms with E-state index in [1.54, 1.807) is 0 Å². The molecule has 4 rings (SSSR count). The van der Waals surface area contributed by atoms with E-state index in [1.165, 1.54) is 40.6 Å². The molecule has 0 aliphatic heterocycles. The summed E-state index contributed by atoms with van der Waals surface area (Å²) in [5.74, 6) is 0. The summed E-state index contributed by atoms with van der Waals surface area (Å²) in [6, 6.07) is 19.7. The monoisotopic (exact) mass is 290 g/mol. The van der Waals surface area contributed by atoms with Crippen LogP contribution < -0.4 is 5.73 Å². The lowest BCUT2D eigenvalue weighted by molar-refractivity contribution is 0.523. The first-order chi connectivity index (χ1) is 10.8. The summed E-state index contributed by atoms with van der Waals surface area (Å²) < 4.78 is 2.47. The van der Waals surface area contributed by atoms with Gasteiger partial charge in [0.25, 0.3) is 0 Å². The molecule has 22 heavy (non-hydrogen) atoms. The summed E-state index contributed by atoms with van der Waals surface area (Å²) in [6.45, 7) is 1.01. The Morgan fingerprint density at radius 2 is 1.77 bits per heavy atom. The van der Waals surface area contributed by atoms with Gasteiger partial charge in [0.1, 0.15) is 0 Å². The lowest BCUT2D eigenvalue weighted by Gasteiger charge is -2.22. The molecule has 1 atom stereocenters. The molecular weight excluding hydrogens is 268 g/mol. The van der Waals surface area contributed by atoms with Crippen molar-refractivity contribution in [3.63, 3.8) is 0 Å². The third-order valence-electron chi connectivity index (χ3n) is 4.88. The summed E-state index contributed by atoms with van der Waals surface area (Å²) in [6.07, 6.45) is 4.54. The standard InChI is InChI=1S/C20H22N2/c21-18-11-6-10-17-16-9-4-5-12-19(16)22(20(17)18)14-13-15-7-2-1-3-8-15/h1-5,7-9,12,18H,6,10-11,13-14,21H2. The van der Waals surface area contributed by atoms with Crippen molar-refractivity contribution in [2.75, 3.05) is 0 Å². The summed E-state index contributed by atoms with van der Waals surface area (Å²) >= 11 is 0. The average molecular weight is 290 g/mol. The van der Waals surface area contributed by atoms with Crippen molar-refractivity contribution in [1.82, 2.24) is 4.57 Å². The molecule has 0 amide bonds. The van der Waals surface area contributed by atoms with Crippen molar-refractivity contribution in [3.05, 3.63) is 71.4 Å². The number of nitrogens with two attached hydrogens (primary N) is 1. The second kappa shape index (κ2) is 5.62. The van der Waals surface area contributed by atoms with Gasteiger partial charge >= 0.3 is 0 Å². The molecule has 1 unspecified atom stereocenters. The van der Waals surface area contributed by atoms with Crippen LogP contribution in [0, 0.1) is 0 Å². The minimum absolute atomic E-state index is 0.187. The Labute approximate surface area is 131 Å². The smallest absolute Gasteiger partial charge is 0.0486 e. The minimum Gasteiger partial charge on any atom is -0.342 e. The fraction of sp³-hybridized carbons (Fsp3) is 0.300. The molecule has 2 aromatic carbocycles. The Balaban J connectivity index is 1.77. The van der Waals surface area contributed by atoms with Crippen molar-refractivity contribution in [2.24, 2.45) is 5.73 Å². The quantitative estimate of drug-likeness (QED) is 0.769. The summed E-state index contributed by atoms with van der Waals surface area (Å²) in [5, 5.41) is 1.40. The largest absolute Gasteiger partial charge is 0.342 e. The normalized spacial score (nSPS) is 17.6. The number of hydrogen-bond acceptors (Lipinski definition) is 1. The van der Waals surface area contributed by atoms with Crippen LogP contribution in [0.15, 0.2) is 54.6 Å². The number of rotatable bonds is 3. The number of fused-ring (bicyclic) bond motifs is 3. The van der Waals surface area contributed by atoms with Gasteiger partial charge in [-0.15, -0.1) is 0 Å². The van der Waals surface area contributed by atoms with Crippen molar-refractivity contribution in [3.8, 4) is 0 Å². The third kappa shape index (κ3) is 2.24. The van der Waals surface area contributed by atoms with Crippen LogP contribution in [0.2, 0.25) is 0 Å². The number of aryl methyl sites for hydroxylation is 3. The maximum Gasteiger partial charge on any atom is 0.0486 e. The molecule has 1 aliphatic rings. The zero-order valence-corrected chi connectivity index (χ0v) is 12.8. The number of nitrogens with zero attached hydrogens (tertiary/aromatic N) is 1. The summed E-state index contributed by atoms with van der Waals surface area (Å²) in [5.41, 5.74) is 12.1. The second-order valence-electron chi connectivity index (χ2n) is 6.27. The van der Waals surface area contributed by atoms with Crippen molar-refractivity contribution in [1.29, 1.82) is 0 Å². The predicted molar refractivity (Wildman–Crippen MR) is 92.0 cm³/mol. The zero-order valence-electron chi connectivity index (χ0n) is 12.8. The topological polar surface area (TPSA) is 30.9 Å². The molecule has 2 N–H and O–H groups in total. The lowest BCUT2D eigenvalue weighted by atomic mass is 9.92. The molecular formula is C20H22N2. The first-order valence-electron chi connectivity index (χ1n) is 8.24. The number of para-hydroxylation sites is 1. The Kier molecular flexibility index (Phi) is 3.47. The molecule has 1 aliphatic carbocycles. The molecule has 1 aromatic heterocycles. The molecule has 1 heterocycles. The Morgan fingerprint density at radius 3 is 2.64 bits per heavy atom. The van der Waals surface area contributed by atoms with E-state index in [1.807, 2.05) is 0 Å². The van der Waals surface area contributed by atoms with Crippen molar-refractivity contribution < 1.29 is 0 Å². The van der Waals surface area contributed by atoms with E-state index < -0.39 is 0 Å². The van der Waals surface area contributed by atoms with Crippen LogP contribution in [0.5, 0.6) is 0 Å². The van der Waals surface area contributed by atoms with Gasteiger partial charge in [0, 0.05) is 29.2 Å². The molecule has 3 aromatic rings. The fourth-order valence-electron chi connectivity index (χ4n) is 3.84. The Bertz CT molecular complexity index is 786. The SMILES string of the molecule is NC1CCCc2c1n(CCc1ccccc1)c1ccccc21. The summed E-state index contributed by atoms with van der Waals surface area (Å²) in [7, 11) is 0. The van der Waals surface area contributed by atoms with Gasteiger partial charge in [-0.1, -0.05) is 48.5 Å². The maximum absolute atomic E-state index is 6.46. The van der Waals surface area contributed by atoms with E-state index in [2.05, 4.69) is 59.2 Å². The molecule has 2 nitrogen and oxygen atoms in total. The van der Waals surface area contributed by atoms with Crippen LogP contribution >= 0.6 is 0 Å². The number of hydrogen-bond donors (Lipinski definition) is 1. The fourth-order valence-corrected chi connectivity index (χ4v) is 3.84. The lowest BCUT2D eigenvalue weighted by Crippen LogP contribution is -2.21. The highest BCUT2D eigenvalue weighted by molar-refractivity contribution is 5.86. The average Bonchev–Trinajstić information content (AvgIpc) is 2.89. The van der Waals surface area contributed by atoms with Crippen LogP contribution in [-0.2, 0) is 19.4 Å². The van der Waals surface area contributed by atoms with Crippen LogP contribution in [-0.4, -0.2) is 4.57 Å². The molecule has 0 bridgehead atoms. The highest BCUT2D eigenvalue weighted by atomic mass is 15.0. The first kappa shape index (κ1) is 13.6. The van der Waals surface area contributed by atoms with E-state index in [-0.39, 0.29) is 6.04 Å². The number of aromatic nitrogens is 1. The summed E-state index contributed by atoms with van der Waals surface area (Å²) in [4.78, 5) is 0. The van der Waals surface area contributed by atoms with Crippen LogP contribution in [0.4, 0.5) is 0 Å². The van der Waals surface area contributed by atoms with Gasteiger partial charge in [-0.05, 0) is 42.9 Å². The molecule has 2 heteroatoms. The third-order valence-corrected chi connectivity index (χ3v) is 4.88. The highest BCUT2D eigenvalue weighted by Gasteiger charge is 2.24. The van der Waals surface area contributed by atoms with Crippen LogP contribution in [0.3, 0.4) is 0 Å². The van der Waals surface area contributed by atoms with Crippen molar-refractivity contribution >= 4 is 10.9 Å². The van der Waals surface area contributed by atoms with Gasteiger partial charge < -0.3 is 10.3 Å². The van der Waals surface area contributed by atoms with E-state index in [4.69, 9.17) is 5.73 Å². The Morgan fingerprint density at radius 1 is 1.00 bits per heavy atom. The predicted octanol–water partition coefficient (Wildman–Crippen LogP) is 4.22. The van der Waals surface area contributed by atoms with Gasteiger partial charge in [0.05, 0.1) is 0 Å². The number of benzene rings is 2. The van der Waals surface area contributed by atoms with Gasteiger partial charge in [-0.3, -0.25) is 0 Å². The molecule has 0 fully saturated rings. The highest BCUT2D eigenvalue weighted by Crippen LogP contribution is 2.36. The molecule has 0 radical (unpaired) electrons. The van der Waals surface area contributed by atoms with Crippen molar-refractivity contribution in [2.45, 2.75) is 38.3 Å². The van der Waals surface area contributed by atoms with Gasteiger partial charge in [0.15, 0.2) is 0 Å². The Hall–Kier alpha value is -2.06. The minimum atomic E-state index is 0.187. The molecule has 112 valence electrons. The molecule has 0 saturated heterocycles. The van der Waals surface area contributed by atoms with E-state index in [0.717, 1.165) is 19.4 Å². The van der Waals surface area contributed by atoms with Gasteiger partial charge in [0.2, 0.25) is 0 Å². The van der Waals surface area contributed by atoms with Gasteiger partial charge in [-0.25, -0.2) is 0 Å². The maximum atomic E-state index is 6.46. The molecule has 0 saturated carbocycles. The molecule has 0 spiro atoms.